The Morgan fingerprint density at radius 1 is 0.806 bits per heavy atom. The van der Waals surface area contributed by atoms with Crippen LogP contribution in [0, 0.1) is 5.41 Å². The van der Waals surface area contributed by atoms with Gasteiger partial charge in [0, 0.05) is 16.8 Å². The molecule has 10 heteroatoms. The second-order valence-electron chi connectivity index (χ2n) is 7.82. The highest BCUT2D eigenvalue weighted by atomic mass is 32.2. The van der Waals surface area contributed by atoms with E-state index in [1.807, 2.05) is 30.3 Å². The van der Waals surface area contributed by atoms with E-state index in [0.717, 1.165) is 0 Å². The van der Waals surface area contributed by atoms with Crippen LogP contribution >= 0.6 is 0 Å². The molecule has 0 saturated heterocycles. The number of nitrogens with zero attached hydrogens (tertiary/aromatic N) is 1. The summed E-state index contributed by atoms with van der Waals surface area (Å²) >= 11 is 0. The predicted octanol–water partition coefficient (Wildman–Crippen LogP) is 4.16. The second kappa shape index (κ2) is 10.3. The molecular weight excluding hydrogens is 476 g/mol. The van der Waals surface area contributed by atoms with Crippen LogP contribution in [0.5, 0.6) is 0 Å². The average Bonchev–Trinajstić information content (AvgIpc) is 2.88. The Bertz CT molecular complexity index is 1510. The molecule has 4 rings (SSSR count). The lowest BCUT2D eigenvalue weighted by Gasteiger charge is -2.26. The highest BCUT2D eigenvalue weighted by Gasteiger charge is 2.16. The van der Waals surface area contributed by atoms with E-state index in [2.05, 4.69) is 10.7 Å². The van der Waals surface area contributed by atoms with Crippen LogP contribution in [0.15, 0.2) is 108 Å². The molecule has 0 spiro atoms. The molecule has 4 aromatic carbocycles. The number of para-hydroxylation sites is 1. The van der Waals surface area contributed by atoms with Crippen molar-refractivity contribution in [3.63, 3.8) is 0 Å². The smallest absolute Gasteiger partial charge is 0.338 e. The number of hydrogen-bond acceptors (Lipinski definition) is 5. The molecule has 0 saturated carbocycles. The van der Waals surface area contributed by atoms with Gasteiger partial charge in [-0.3, -0.25) is 10.4 Å². The van der Waals surface area contributed by atoms with E-state index in [1.54, 1.807) is 71.7 Å². The summed E-state index contributed by atoms with van der Waals surface area (Å²) in [6, 6.07) is 28.8. The Kier molecular flexibility index (Phi) is 7.00. The summed E-state index contributed by atoms with van der Waals surface area (Å²) in [7, 11) is -3.89. The fourth-order valence-corrected chi connectivity index (χ4v) is 4.38. The van der Waals surface area contributed by atoms with Crippen molar-refractivity contribution in [2.24, 2.45) is 10.9 Å². The van der Waals surface area contributed by atoms with Gasteiger partial charge in [-0.05, 0) is 48.0 Å². The van der Waals surface area contributed by atoms with Crippen molar-refractivity contribution in [1.82, 2.24) is 5.43 Å². The second-order valence-corrected chi connectivity index (χ2v) is 9.35. The number of benzene rings is 4. The van der Waals surface area contributed by atoms with Crippen molar-refractivity contribution >= 4 is 39.0 Å². The Morgan fingerprint density at radius 3 is 2.11 bits per heavy atom. The molecule has 2 amide bonds. The third-order valence-corrected chi connectivity index (χ3v) is 6.26. The highest BCUT2D eigenvalue weighted by Crippen LogP contribution is 2.28. The first kappa shape index (κ1) is 24.5. The number of nitrogens with one attached hydrogen (secondary N) is 3. The number of primary sulfonamides is 1. The minimum absolute atomic E-state index is 0.0229. The van der Waals surface area contributed by atoms with Gasteiger partial charge in [-0.1, -0.05) is 60.7 Å². The van der Waals surface area contributed by atoms with Crippen LogP contribution in [0.2, 0.25) is 0 Å². The summed E-state index contributed by atoms with van der Waals surface area (Å²) in [4.78, 5) is 12.9. The minimum atomic E-state index is -3.89. The number of hydrazine groups is 1. The molecule has 0 aliphatic rings. The lowest BCUT2D eigenvalue weighted by molar-refractivity contribution is 0.252. The summed E-state index contributed by atoms with van der Waals surface area (Å²) < 4.78 is 23.8. The van der Waals surface area contributed by atoms with E-state index in [-0.39, 0.29) is 10.7 Å². The lowest BCUT2D eigenvalue weighted by Crippen LogP contribution is -2.41. The summed E-state index contributed by atoms with van der Waals surface area (Å²) in [5, 5.41) is 17.4. The van der Waals surface area contributed by atoms with Crippen molar-refractivity contribution < 1.29 is 13.2 Å². The van der Waals surface area contributed by atoms with Gasteiger partial charge in [-0.25, -0.2) is 23.8 Å². The number of amides is 2. The Balaban J connectivity index is 1.55. The van der Waals surface area contributed by atoms with Crippen LogP contribution in [-0.2, 0) is 10.0 Å². The van der Waals surface area contributed by atoms with E-state index in [0.29, 0.717) is 33.8 Å². The molecule has 9 nitrogen and oxygen atoms in total. The van der Waals surface area contributed by atoms with Gasteiger partial charge in [-0.2, -0.15) is 0 Å². The summed E-state index contributed by atoms with van der Waals surface area (Å²) in [5.41, 5.74) is 11.9. The molecule has 0 aromatic heterocycles. The summed E-state index contributed by atoms with van der Waals surface area (Å²) in [6.45, 7) is 0. The number of carbonyl (C=O) groups is 1. The van der Waals surface area contributed by atoms with E-state index in [4.69, 9.17) is 16.3 Å². The van der Waals surface area contributed by atoms with E-state index < -0.39 is 16.1 Å². The zero-order valence-corrected chi connectivity index (χ0v) is 19.9. The number of anilines is 3. The fourth-order valence-electron chi connectivity index (χ4n) is 3.61. The van der Waals surface area contributed by atoms with Crippen LogP contribution in [0.4, 0.5) is 21.9 Å². The van der Waals surface area contributed by atoms with E-state index in [1.165, 1.54) is 6.07 Å². The van der Waals surface area contributed by atoms with Crippen molar-refractivity contribution in [3.8, 4) is 11.1 Å². The third-order valence-electron chi connectivity index (χ3n) is 5.29. The summed E-state index contributed by atoms with van der Waals surface area (Å²) in [5.74, 6) is -0.0848. The van der Waals surface area contributed by atoms with Crippen LogP contribution in [-0.4, -0.2) is 20.3 Å². The van der Waals surface area contributed by atoms with Gasteiger partial charge in [0.25, 0.3) is 0 Å². The molecule has 0 atom stereocenters. The first-order chi connectivity index (χ1) is 17.2. The molecule has 36 heavy (non-hydrogen) atoms. The van der Waals surface area contributed by atoms with Crippen LogP contribution in [0.1, 0.15) is 5.56 Å². The zero-order chi connectivity index (χ0) is 25.7. The lowest BCUT2D eigenvalue weighted by atomic mass is 10.1. The molecule has 0 aliphatic heterocycles. The molecule has 0 heterocycles. The number of hydrogen-bond donors (Lipinski definition) is 5. The first-order valence-electron chi connectivity index (χ1n) is 10.8. The SMILES string of the molecule is N=C(N)c1cccc(N(NC(=O)Nc2ccc(-c3ccccc3S(N)(=O)=O)cc2)c2ccccc2)c1. The van der Waals surface area contributed by atoms with Crippen molar-refractivity contribution in [2.75, 3.05) is 10.3 Å². The summed E-state index contributed by atoms with van der Waals surface area (Å²) in [6.07, 6.45) is 0. The monoisotopic (exact) mass is 500 g/mol. The quantitative estimate of drug-likeness (QED) is 0.146. The first-order valence-corrected chi connectivity index (χ1v) is 12.4. The zero-order valence-electron chi connectivity index (χ0n) is 19.0. The standard InChI is InChI=1S/C26H24N6O3S/c27-25(28)19-7-6-10-22(17-19)32(21-8-2-1-3-9-21)31-26(33)30-20-15-13-18(14-16-20)23-11-4-5-12-24(23)36(29,34)35/h1-17H,(H3,27,28)(H2,29,34,35)(H2,30,31,33). The van der Waals surface area contributed by atoms with E-state index >= 15 is 0 Å². The molecule has 182 valence electrons. The number of rotatable bonds is 7. The van der Waals surface area contributed by atoms with Crippen LogP contribution < -0.4 is 26.6 Å². The predicted molar refractivity (Wildman–Crippen MR) is 141 cm³/mol. The van der Waals surface area contributed by atoms with Crippen molar-refractivity contribution in [2.45, 2.75) is 4.90 Å². The van der Waals surface area contributed by atoms with Crippen LogP contribution in [0.25, 0.3) is 11.1 Å². The molecular formula is C26H24N6O3S. The molecule has 7 N–H and O–H groups in total. The number of urea groups is 1. The Morgan fingerprint density at radius 2 is 1.44 bits per heavy atom. The molecule has 4 aromatic rings. The topological polar surface area (TPSA) is 154 Å². The molecule has 0 bridgehead atoms. The average molecular weight is 501 g/mol. The fraction of sp³-hybridized carbons (Fsp3) is 0. The number of amidine groups is 1. The maximum atomic E-state index is 12.9. The Hall–Kier alpha value is -4.67. The largest absolute Gasteiger partial charge is 0.384 e. The molecule has 0 radical (unpaired) electrons. The van der Waals surface area contributed by atoms with Gasteiger partial charge in [0.15, 0.2) is 0 Å². The molecule has 0 fully saturated rings. The van der Waals surface area contributed by atoms with Gasteiger partial charge in [0.05, 0.1) is 16.3 Å². The van der Waals surface area contributed by atoms with Gasteiger partial charge >= 0.3 is 6.03 Å². The van der Waals surface area contributed by atoms with Gasteiger partial charge < -0.3 is 11.1 Å². The maximum absolute atomic E-state index is 12.9. The third kappa shape index (κ3) is 5.69. The Labute approximate surface area is 208 Å². The highest BCUT2D eigenvalue weighted by molar-refractivity contribution is 7.89. The number of carbonyl (C=O) groups excluding carboxylic acids is 1. The number of sulfonamides is 1. The van der Waals surface area contributed by atoms with Crippen molar-refractivity contribution in [3.05, 3.63) is 109 Å². The van der Waals surface area contributed by atoms with Gasteiger partial charge in [0.2, 0.25) is 10.0 Å². The van der Waals surface area contributed by atoms with E-state index in [9.17, 15) is 13.2 Å². The van der Waals surface area contributed by atoms with Gasteiger partial charge in [-0.15, -0.1) is 0 Å². The number of nitrogens with two attached hydrogens (primary N) is 2. The molecule has 0 aliphatic carbocycles. The van der Waals surface area contributed by atoms with Crippen molar-refractivity contribution in [1.29, 1.82) is 5.41 Å². The van der Waals surface area contributed by atoms with Crippen LogP contribution in [0.3, 0.4) is 0 Å². The molecule has 0 unspecified atom stereocenters. The van der Waals surface area contributed by atoms with Gasteiger partial charge in [0.1, 0.15) is 5.84 Å². The number of nitrogen functional groups attached to an aromatic ring is 1. The minimum Gasteiger partial charge on any atom is -0.384 e. The normalized spacial score (nSPS) is 10.9. The maximum Gasteiger partial charge on any atom is 0.338 e.